The van der Waals surface area contributed by atoms with E-state index in [0.29, 0.717) is 47.5 Å². The Balaban J connectivity index is 1.51. The van der Waals surface area contributed by atoms with Crippen molar-refractivity contribution >= 4 is 34.7 Å². The average Bonchev–Trinajstić information content (AvgIpc) is 3.25. The maximum absolute atomic E-state index is 10.9. The average molecular weight is 454 g/mol. The Bertz CT molecular complexity index is 1290. The zero-order valence-electron chi connectivity index (χ0n) is 17.2. The van der Waals surface area contributed by atoms with Crippen molar-refractivity contribution in [2.24, 2.45) is 0 Å². The molecule has 11 heteroatoms. The van der Waals surface area contributed by atoms with Gasteiger partial charge in [-0.05, 0) is 37.1 Å². The maximum atomic E-state index is 10.9. The second kappa shape index (κ2) is 9.06. The highest BCUT2D eigenvalue weighted by molar-refractivity contribution is 6.31. The van der Waals surface area contributed by atoms with Gasteiger partial charge in [0.25, 0.3) is 0 Å². The number of halogens is 1. The second-order valence-corrected chi connectivity index (χ2v) is 7.40. The number of nitrogens with two attached hydrogens (primary N) is 1. The molecule has 32 heavy (non-hydrogen) atoms. The van der Waals surface area contributed by atoms with Gasteiger partial charge in [-0.25, -0.2) is 15.0 Å². The van der Waals surface area contributed by atoms with Crippen LogP contribution in [0.1, 0.15) is 12.1 Å². The summed E-state index contributed by atoms with van der Waals surface area (Å²) in [5.41, 5.74) is 8.33. The number of aryl methyl sites for hydroxylation is 1. The molecule has 0 fully saturated rings. The fraction of sp³-hybridized carbons (Fsp3) is 0.190. The van der Waals surface area contributed by atoms with Gasteiger partial charge in [0, 0.05) is 47.4 Å². The van der Waals surface area contributed by atoms with Gasteiger partial charge in [-0.15, -0.1) is 0 Å². The first kappa shape index (κ1) is 21.3. The molecule has 0 bridgehead atoms. The number of nitrogens with zero attached hydrogens (tertiary/aromatic N) is 5. The van der Waals surface area contributed by atoms with Crippen LogP contribution in [0.2, 0.25) is 5.02 Å². The number of hydrogen-bond donors (Lipinski definition) is 2. The Hall–Kier alpha value is -3.92. The Kier molecular flexibility index (Phi) is 6.04. The van der Waals surface area contributed by atoms with E-state index in [9.17, 15) is 10.1 Å². The van der Waals surface area contributed by atoms with Crippen molar-refractivity contribution < 1.29 is 9.66 Å². The summed E-state index contributed by atoms with van der Waals surface area (Å²) in [5.74, 6) is 1.20. The highest BCUT2D eigenvalue weighted by atomic mass is 35.5. The molecule has 1 aromatic carbocycles. The third-order valence-corrected chi connectivity index (χ3v) is 5.11. The monoisotopic (exact) mass is 453 g/mol. The maximum Gasteiger partial charge on any atom is 0.311 e. The number of imidazole rings is 1. The van der Waals surface area contributed by atoms with Crippen molar-refractivity contribution in [1.82, 2.24) is 19.4 Å². The lowest BCUT2D eigenvalue weighted by Crippen LogP contribution is -2.10. The van der Waals surface area contributed by atoms with Crippen LogP contribution in [0.15, 0.2) is 48.8 Å². The Labute approximate surface area is 188 Å². The van der Waals surface area contributed by atoms with Gasteiger partial charge in [0.2, 0.25) is 11.8 Å². The van der Waals surface area contributed by atoms with Crippen molar-refractivity contribution in [2.45, 2.75) is 12.8 Å². The van der Waals surface area contributed by atoms with E-state index in [0.717, 1.165) is 11.2 Å². The van der Waals surface area contributed by atoms with Crippen LogP contribution in [-0.2, 0) is 6.42 Å². The van der Waals surface area contributed by atoms with Gasteiger partial charge in [0.1, 0.15) is 11.4 Å². The predicted molar refractivity (Wildman–Crippen MR) is 122 cm³/mol. The lowest BCUT2D eigenvalue weighted by atomic mass is 10.1. The molecule has 0 unspecified atom stereocenters. The van der Waals surface area contributed by atoms with Gasteiger partial charge in [-0.2, -0.15) is 0 Å². The molecule has 4 rings (SSSR count). The van der Waals surface area contributed by atoms with Crippen LogP contribution in [0.3, 0.4) is 0 Å². The molecular formula is C21H20ClN7O3. The van der Waals surface area contributed by atoms with Crippen LogP contribution in [0.4, 0.5) is 17.5 Å². The van der Waals surface area contributed by atoms with E-state index in [2.05, 4.69) is 15.3 Å². The molecule has 4 aromatic rings. The van der Waals surface area contributed by atoms with Gasteiger partial charge in [0.15, 0.2) is 0 Å². The van der Waals surface area contributed by atoms with Gasteiger partial charge in [-0.1, -0.05) is 11.6 Å². The van der Waals surface area contributed by atoms with Crippen LogP contribution in [-0.4, -0.2) is 37.9 Å². The number of benzene rings is 1. The van der Waals surface area contributed by atoms with E-state index < -0.39 is 4.92 Å². The van der Waals surface area contributed by atoms with E-state index in [-0.39, 0.29) is 11.5 Å². The minimum Gasteiger partial charge on any atom is -0.496 e. The summed E-state index contributed by atoms with van der Waals surface area (Å²) in [6, 6.07) is 10.2. The van der Waals surface area contributed by atoms with E-state index in [1.807, 2.05) is 16.7 Å². The molecule has 10 nitrogen and oxygen atoms in total. The molecule has 0 aliphatic carbocycles. The lowest BCUT2D eigenvalue weighted by Gasteiger charge is -2.13. The van der Waals surface area contributed by atoms with Crippen LogP contribution < -0.4 is 15.8 Å². The van der Waals surface area contributed by atoms with E-state index in [1.54, 1.807) is 37.6 Å². The second-order valence-electron chi connectivity index (χ2n) is 6.96. The van der Waals surface area contributed by atoms with Crippen molar-refractivity contribution in [1.29, 1.82) is 0 Å². The summed E-state index contributed by atoms with van der Waals surface area (Å²) in [4.78, 5) is 23.6. The molecule has 0 spiro atoms. The Morgan fingerprint density at radius 1 is 1.25 bits per heavy atom. The summed E-state index contributed by atoms with van der Waals surface area (Å²) in [6.45, 7) is 0.592. The summed E-state index contributed by atoms with van der Waals surface area (Å²) < 4.78 is 7.31. The summed E-state index contributed by atoms with van der Waals surface area (Å²) in [5, 5.41) is 14.8. The largest absolute Gasteiger partial charge is 0.496 e. The van der Waals surface area contributed by atoms with Crippen molar-refractivity contribution in [3.63, 3.8) is 0 Å². The number of ether oxygens (including phenoxy) is 1. The quantitative estimate of drug-likeness (QED) is 0.232. The standard InChI is InChI=1S/C21H20ClN7O3/c1-32-18-7-4-13(22)11-15(18)16-12-19-24-9-10-28(19)21(27-16)25-8-2-3-14-5-6-17(29(30)31)20(23)26-14/h4-7,9-12H,2-3,8H2,1H3,(H2,23,26)(H,25,27). The first-order valence-electron chi connectivity index (χ1n) is 9.78. The van der Waals surface area contributed by atoms with Gasteiger partial charge < -0.3 is 15.8 Å². The fourth-order valence-corrected chi connectivity index (χ4v) is 3.51. The summed E-state index contributed by atoms with van der Waals surface area (Å²) in [6.07, 6.45) is 4.84. The molecule has 0 radical (unpaired) electrons. The number of nitrogens with one attached hydrogen (secondary N) is 1. The molecule has 3 aromatic heterocycles. The first-order chi connectivity index (χ1) is 15.5. The number of fused-ring (bicyclic) bond motifs is 1. The van der Waals surface area contributed by atoms with E-state index in [1.165, 1.54) is 6.07 Å². The van der Waals surface area contributed by atoms with Crippen LogP contribution >= 0.6 is 11.6 Å². The molecule has 0 aliphatic heterocycles. The molecule has 0 saturated heterocycles. The lowest BCUT2D eigenvalue weighted by molar-refractivity contribution is -0.384. The molecule has 0 amide bonds. The van der Waals surface area contributed by atoms with Crippen molar-refractivity contribution in [2.75, 3.05) is 24.7 Å². The molecule has 0 atom stereocenters. The molecule has 0 saturated carbocycles. The molecule has 3 N–H and O–H groups in total. The number of nitrogen functional groups attached to an aromatic ring is 1. The zero-order chi connectivity index (χ0) is 22.7. The van der Waals surface area contributed by atoms with Gasteiger partial charge >= 0.3 is 5.69 Å². The van der Waals surface area contributed by atoms with E-state index in [4.69, 9.17) is 27.1 Å². The number of rotatable bonds is 8. The normalized spacial score (nSPS) is 10.9. The number of hydrogen-bond acceptors (Lipinski definition) is 8. The fourth-order valence-electron chi connectivity index (χ4n) is 3.34. The van der Waals surface area contributed by atoms with Gasteiger partial charge in [0.05, 0.1) is 17.7 Å². The summed E-state index contributed by atoms with van der Waals surface area (Å²) >= 11 is 6.19. The van der Waals surface area contributed by atoms with Crippen LogP contribution in [0.25, 0.3) is 16.9 Å². The Morgan fingerprint density at radius 3 is 2.84 bits per heavy atom. The number of nitro groups is 1. The van der Waals surface area contributed by atoms with Crippen LogP contribution in [0, 0.1) is 10.1 Å². The van der Waals surface area contributed by atoms with Crippen molar-refractivity contribution in [3.05, 3.63) is 69.6 Å². The third kappa shape index (κ3) is 4.40. The smallest absolute Gasteiger partial charge is 0.311 e. The summed E-state index contributed by atoms with van der Waals surface area (Å²) in [7, 11) is 1.60. The number of aromatic nitrogens is 4. The highest BCUT2D eigenvalue weighted by Crippen LogP contribution is 2.32. The predicted octanol–water partition coefficient (Wildman–Crippen LogP) is 3.99. The van der Waals surface area contributed by atoms with Gasteiger partial charge in [-0.3, -0.25) is 14.5 Å². The third-order valence-electron chi connectivity index (χ3n) is 4.88. The highest BCUT2D eigenvalue weighted by Gasteiger charge is 2.14. The minimum atomic E-state index is -0.544. The molecule has 0 aliphatic rings. The van der Waals surface area contributed by atoms with Crippen LogP contribution in [0.5, 0.6) is 5.75 Å². The SMILES string of the molecule is COc1ccc(Cl)cc1-c1cc2nccn2c(NCCCc2ccc([N+](=O)[O-])c(N)n2)n1. The number of pyridine rings is 1. The molecular weight excluding hydrogens is 434 g/mol. The Morgan fingerprint density at radius 2 is 2.09 bits per heavy atom. The van der Waals surface area contributed by atoms with Crippen molar-refractivity contribution in [3.8, 4) is 17.0 Å². The molecule has 3 heterocycles. The number of anilines is 2. The minimum absolute atomic E-state index is 0.0783. The molecule has 164 valence electrons. The number of methoxy groups -OCH3 is 1. The van der Waals surface area contributed by atoms with E-state index >= 15 is 0 Å². The first-order valence-corrected chi connectivity index (χ1v) is 10.2. The zero-order valence-corrected chi connectivity index (χ0v) is 17.9. The topological polar surface area (TPSA) is 134 Å².